The van der Waals surface area contributed by atoms with Crippen molar-refractivity contribution in [3.63, 3.8) is 0 Å². The van der Waals surface area contributed by atoms with Gasteiger partial charge < -0.3 is 9.47 Å². The third kappa shape index (κ3) is 2.54. The minimum atomic E-state index is -0.925. The van der Waals surface area contributed by atoms with Gasteiger partial charge in [0.1, 0.15) is 0 Å². The minimum Gasteiger partial charge on any atom is -0.463 e. The molecule has 0 radical (unpaired) electrons. The lowest BCUT2D eigenvalue weighted by molar-refractivity contribution is -0.385. The molecule has 1 aromatic rings. The van der Waals surface area contributed by atoms with Gasteiger partial charge in [0.05, 0.1) is 17.1 Å². The number of cyclic esters (lactones) is 1. The highest BCUT2D eigenvalue weighted by molar-refractivity contribution is 5.94. The van der Waals surface area contributed by atoms with Crippen molar-refractivity contribution in [2.24, 2.45) is 0 Å². The number of carbonyl (C=O) groups excluding carboxylic acids is 2. The fraction of sp³-hybridized carbons (Fsp3) is 0.333. The first-order valence-electron chi connectivity index (χ1n) is 5.62. The molecule has 0 bridgehead atoms. The van der Waals surface area contributed by atoms with E-state index in [0.717, 1.165) is 0 Å². The number of rotatable bonds is 3. The van der Waals surface area contributed by atoms with Gasteiger partial charge in [-0.25, -0.2) is 9.59 Å². The zero-order valence-corrected chi connectivity index (χ0v) is 10.1. The molecule has 7 nitrogen and oxygen atoms in total. The summed E-state index contributed by atoms with van der Waals surface area (Å²) in [5.74, 6) is -1.35. The second-order valence-electron chi connectivity index (χ2n) is 4.06. The molecule has 0 aromatic heterocycles. The average molecular weight is 265 g/mol. The van der Waals surface area contributed by atoms with E-state index in [0.29, 0.717) is 6.42 Å². The number of esters is 2. The second kappa shape index (κ2) is 5.05. The van der Waals surface area contributed by atoms with Crippen LogP contribution in [0, 0.1) is 17.0 Å². The summed E-state index contributed by atoms with van der Waals surface area (Å²) in [4.78, 5) is 33.3. The van der Waals surface area contributed by atoms with Gasteiger partial charge in [0.2, 0.25) is 6.10 Å². The average Bonchev–Trinajstić information content (AvgIpc) is 2.74. The fourth-order valence-electron chi connectivity index (χ4n) is 1.82. The smallest absolute Gasteiger partial charge is 0.347 e. The molecule has 19 heavy (non-hydrogen) atoms. The van der Waals surface area contributed by atoms with Gasteiger partial charge in [-0.15, -0.1) is 0 Å². The lowest BCUT2D eigenvalue weighted by Gasteiger charge is -2.09. The van der Waals surface area contributed by atoms with Crippen LogP contribution in [0.25, 0.3) is 0 Å². The maximum Gasteiger partial charge on any atom is 0.347 e. The molecule has 1 aromatic carbocycles. The topological polar surface area (TPSA) is 95.7 Å². The number of ether oxygens (including phenoxy) is 2. The fourth-order valence-corrected chi connectivity index (χ4v) is 1.82. The van der Waals surface area contributed by atoms with E-state index in [-0.39, 0.29) is 23.4 Å². The predicted octanol–water partition coefficient (Wildman–Crippen LogP) is 1.38. The van der Waals surface area contributed by atoms with Gasteiger partial charge in [-0.1, -0.05) is 6.07 Å². The van der Waals surface area contributed by atoms with E-state index in [4.69, 9.17) is 4.74 Å². The van der Waals surface area contributed by atoms with Crippen molar-refractivity contribution in [3.05, 3.63) is 39.4 Å². The van der Waals surface area contributed by atoms with E-state index < -0.39 is 23.0 Å². The molecule has 0 unspecified atom stereocenters. The van der Waals surface area contributed by atoms with E-state index in [1.807, 2.05) is 0 Å². The molecule has 1 saturated heterocycles. The Morgan fingerprint density at radius 1 is 1.53 bits per heavy atom. The summed E-state index contributed by atoms with van der Waals surface area (Å²) in [6.07, 6.45) is -0.621. The van der Waals surface area contributed by atoms with Crippen molar-refractivity contribution in [1.29, 1.82) is 0 Å². The molecular weight excluding hydrogens is 254 g/mol. The minimum absolute atomic E-state index is 0.0777. The molecule has 1 aliphatic heterocycles. The van der Waals surface area contributed by atoms with Crippen LogP contribution in [0.5, 0.6) is 0 Å². The van der Waals surface area contributed by atoms with Crippen LogP contribution in [0.3, 0.4) is 0 Å². The molecule has 0 aliphatic carbocycles. The normalized spacial score (nSPS) is 17.9. The largest absolute Gasteiger partial charge is 0.463 e. The quantitative estimate of drug-likeness (QED) is 0.465. The number of carbonyl (C=O) groups is 2. The van der Waals surface area contributed by atoms with Gasteiger partial charge in [0.15, 0.2) is 0 Å². The van der Waals surface area contributed by atoms with E-state index in [9.17, 15) is 19.7 Å². The molecule has 2 rings (SSSR count). The van der Waals surface area contributed by atoms with Crippen LogP contribution in [0.1, 0.15) is 22.3 Å². The highest BCUT2D eigenvalue weighted by Gasteiger charge is 2.31. The Balaban J connectivity index is 2.22. The summed E-state index contributed by atoms with van der Waals surface area (Å²) in [5.41, 5.74) is 0.126. The Morgan fingerprint density at radius 2 is 2.26 bits per heavy atom. The van der Waals surface area contributed by atoms with Crippen molar-refractivity contribution in [2.75, 3.05) is 6.61 Å². The van der Waals surface area contributed by atoms with Gasteiger partial charge in [-0.2, -0.15) is 0 Å². The molecule has 0 spiro atoms. The molecule has 0 saturated carbocycles. The number of hydrogen-bond acceptors (Lipinski definition) is 6. The van der Waals surface area contributed by atoms with E-state index in [2.05, 4.69) is 4.74 Å². The summed E-state index contributed by atoms with van der Waals surface area (Å²) in [7, 11) is 0. The molecule has 1 atom stereocenters. The number of nitrogens with zero attached hydrogens (tertiary/aromatic N) is 1. The number of benzene rings is 1. The molecule has 1 fully saturated rings. The molecular formula is C12H11NO6. The summed E-state index contributed by atoms with van der Waals surface area (Å²) in [6.45, 7) is 1.67. The van der Waals surface area contributed by atoms with Crippen LogP contribution in [-0.4, -0.2) is 29.6 Å². The van der Waals surface area contributed by atoms with Crippen LogP contribution in [0.2, 0.25) is 0 Å². The van der Waals surface area contributed by atoms with Crippen LogP contribution >= 0.6 is 0 Å². The summed E-state index contributed by atoms with van der Waals surface area (Å²) in [6, 6.07) is 4.12. The van der Waals surface area contributed by atoms with Gasteiger partial charge in [-0.05, 0) is 13.0 Å². The molecule has 1 aliphatic rings. The van der Waals surface area contributed by atoms with E-state index in [1.165, 1.54) is 25.1 Å². The Bertz CT molecular complexity index is 553. The Labute approximate surface area is 108 Å². The number of hydrogen-bond donors (Lipinski definition) is 0. The van der Waals surface area contributed by atoms with Crippen molar-refractivity contribution in [3.8, 4) is 0 Å². The Morgan fingerprint density at radius 3 is 2.84 bits per heavy atom. The number of nitro groups is 1. The third-order valence-electron chi connectivity index (χ3n) is 2.86. The SMILES string of the molecule is Cc1c(C(=O)O[C@@H]2CCOC2=O)cccc1[N+](=O)[O-]. The monoisotopic (exact) mass is 265 g/mol. The van der Waals surface area contributed by atoms with E-state index in [1.54, 1.807) is 0 Å². The lowest BCUT2D eigenvalue weighted by atomic mass is 10.1. The van der Waals surface area contributed by atoms with Gasteiger partial charge >= 0.3 is 11.9 Å². The van der Waals surface area contributed by atoms with Gasteiger partial charge in [-0.3, -0.25) is 10.1 Å². The standard InChI is InChI=1S/C12H11NO6/c1-7-8(3-2-4-9(7)13(16)17)11(14)19-10-5-6-18-12(10)15/h2-4,10H,5-6H2,1H3/t10-/m1/s1. The van der Waals surface area contributed by atoms with Crippen LogP contribution in [0.4, 0.5) is 5.69 Å². The van der Waals surface area contributed by atoms with Crippen molar-refractivity contribution >= 4 is 17.6 Å². The highest BCUT2D eigenvalue weighted by atomic mass is 16.6. The second-order valence-corrected chi connectivity index (χ2v) is 4.06. The molecule has 7 heteroatoms. The first-order valence-corrected chi connectivity index (χ1v) is 5.62. The highest BCUT2D eigenvalue weighted by Crippen LogP contribution is 2.23. The van der Waals surface area contributed by atoms with E-state index >= 15 is 0 Å². The third-order valence-corrected chi connectivity index (χ3v) is 2.86. The molecule has 0 amide bonds. The Hall–Kier alpha value is -2.44. The maximum absolute atomic E-state index is 11.9. The zero-order chi connectivity index (χ0) is 14.0. The summed E-state index contributed by atoms with van der Waals surface area (Å²) < 4.78 is 9.66. The zero-order valence-electron chi connectivity index (χ0n) is 10.1. The molecule has 1 heterocycles. The Kier molecular flexibility index (Phi) is 3.46. The number of nitro benzene ring substituents is 1. The van der Waals surface area contributed by atoms with Crippen molar-refractivity contribution in [1.82, 2.24) is 0 Å². The first kappa shape index (κ1) is 13.0. The maximum atomic E-state index is 11.9. The van der Waals surface area contributed by atoms with Crippen LogP contribution in [-0.2, 0) is 14.3 Å². The van der Waals surface area contributed by atoms with Crippen LogP contribution in [0.15, 0.2) is 18.2 Å². The lowest BCUT2D eigenvalue weighted by Crippen LogP contribution is -2.23. The van der Waals surface area contributed by atoms with Crippen molar-refractivity contribution < 1.29 is 24.0 Å². The van der Waals surface area contributed by atoms with Gasteiger partial charge in [0, 0.05) is 18.1 Å². The van der Waals surface area contributed by atoms with Crippen LogP contribution < -0.4 is 0 Å². The summed E-state index contributed by atoms with van der Waals surface area (Å²) in [5, 5.41) is 10.8. The van der Waals surface area contributed by atoms with Gasteiger partial charge in [0.25, 0.3) is 5.69 Å². The van der Waals surface area contributed by atoms with Crippen molar-refractivity contribution in [2.45, 2.75) is 19.4 Å². The molecule has 100 valence electrons. The molecule has 0 N–H and O–H groups in total. The first-order chi connectivity index (χ1) is 9.00. The summed E-state index contributed by atoms with van der Waals surface area (Å²) >= 11 is 0. The predicted molar refractivity (Wildman–Crippen MR) is 62.6 cm³/mol.